The van der Waals surface area contributed by atoms with E-state index in [1.807, 2.05) is 25.1 Å². The van der Waals surface area contributed by atoms with Crippen LogP contribution in [0.3, 0.4) is 0 Å². The number of hydrogen-bond acceptors (Lipinski definition) is 3. The minimum Gasteiger partial charge on any atom is -0.375 e. The van der Waals surface area contributed by atoms with Gasteiger partial charge in [-0.15, -0.1) is 0 Å². The summed E-state index contributed by atoms with van der Waals surface area (Å²) in [5, 5.41) is 13.8. The molecule has 0 saturated carbocycles. The highest BCUT2D eigenvalue weighted by atomic mass is 79.9. The van der Waals surface area contributed by atoms with Crippen molar-refractivity contribution in [2.24, 2.45) is 0 Å². The van der Waals surface area contributed by atoms with Gasteiger partial charge in [0.15, 0.2) is 0 Å². The summed E-state index contributed by atoms with van der Waals surface area (Å²) in [6, 6.07) is 9.30. The van der Waals surface area contributed by atoms with E-state index in [4.69, 9.17) is 0 Å². The van der Waals surface area contributed by atoms with Crippen molar-refractivity contribution >= 4 is 27.3 Å². The quantitative estimate of drug-likeness (QED) is 0.663. The molecule has 0 amide bonds. The summed E-state index contributed by atoms with van der Waals surface area (Å²) in [6.45, 7) is 2.40. The second-order valence-corrected chi connectivity index (χ2v) is 5.21. The summed E-state index contributed by atoms with van der Waals surface area (Å²) < 4.78 is 14.0. The lowest BCUT2D eigenvalue weighted by atomic mass is 10.1. The van der Waals surface area contributed by atoms with Crippen LogP contribution in [-0.2, 0) is 6.54 Å². The van der Waals surface area contributed by atoms with E-state index in [1.165, 1.54) is 12.1 Å². The van der Waals surface area contributed by atoms with Crippen LogP contribution in [-0.4, -0.2) is 4.92 Å². The van der Waals surface area contributed by atoms with Crippen LogP contribution in [0.2, 0.25) is 0 Å². The van der Waals surface area contributed by atoms with Gasteiger partial charge in [0.05, 0.1) is 11.0 Å². The first-order valence-electron chi connectivity index (χ1n) is 5.90. The van der Waals surface area contributed by atoms with E-state index >= 15 is 0 Å². The predicted molar refractivity (Wildman–Crippen MR) is 79.3 cm³/mol. The predicted octanol–water partition coefficient (Wildman–Crippen LogP) is 4.42. The van der Waals surface area contributed by atoms with Crippen molar-refractivity contribution in [1.82, 2.24) is 0 Å². The molecule has 2 aromatic carbocycles. The number of nitrogens with zero attached hydrogens (tertiary/aromatic N) is 1. The van der Waals surface area contributed by atoms with Gasteiger partial charge in [0.25, 0.3) is 5.69 Å². The number of anilines is 1. The van der Waals surface area contributed by atoms with E-state index < -0.39 is 10.7 Å². The van der Waals surface area contributed by atoms with Crippen molar-refractivity contribution in [2.75, 3.05) is 5.32 Å². The van der Waals surface area contributed by atoms with Gasteiger partial charge >= 0.3 is 0 Å². The van der Waals surface area contributed by atoms with Crippen molar-refractivity contribution in [3.8, 4) is 0 Å². The Morgan fingerprint density at radius 1 is 1.30 bits per heavy atom. The summed E-state index contributed by atoms with van der Waals surface area (Å²) in [7, 11) is 0. The van der Waals surface area contributed by atoms with E-state index in [9.17, 15) is 14.5 Å². The molecule has 4 nitrogen and oxygen atoms in total. The lowest BCUT2D eigenvalue weighted by Gasteiger charge is -2.08. The van der Waals surface area contributed by atoms with Crippen LogP contribution < -0.4 is 5.32 Å². The first kappa shape index (κ1) is 14.5. The summed E-state index contributed by atoms with van der Waals surface area (Å²) in [4.78, 5) is 10.3. The van der Waals surface area contributed by atoms with Gasteiger partial charge in [-0.05, 0) is 36.2 Å². The number of aryl methyl sites for hydroxylation is 1. The molecule has 2 aromatic rings. The largest absolute Gasteiger partial charge is 0.375 e. The van der Waals surface area contributed by atoms with Gasteiger partial charge in [-0.2, -0.15) is 0 Å². The minimum absolute atomic E-state index is 0.265. The van der Waals surface area contributed by atoms with E-state index in [0.29, 0.717) is 12.2 Å². The van der Waals surface area contributed by atoms with Crippen LogP contribution in [0.25, 0.3) is 0 Å². The Labute approximate surface area is 123 Å². The Kier molecular flexibility index (Phi) is 4.34. The van der Waals surface area contributed by atoms with Crippen molar-refractivity contribution < 1.29 is 9.31 Å². The maximum absolute atomic E-state index is 13.0. The third-order valence-corrected chi connectivity index (χ3v) is 3.75. The molecule has 0 unspecified atom stereocenters. The third-order valence-electron chi connectivity index (χ3n) is 2.86. The maximum Gasteiger partial charge on any atom is 0.295 e. The highest BCUT2D eigenvalue weighted by Gasteiger charge is 2.14. The molecule has 0 saturated heterocycles. The van der Waals surface area contributed by atoms with Crippen LogP contribution in [0.15, 0.2) is 40.9 Å². The van der Waals surface area contributed by atoms with Gasteiger partial charge in [0.2, 0.25) is 0 Å². The lowest BCUT2D eigenvalue weighted by Crippen LogP contribution is -2.03. The molecule has 0 fully saturated rings. The molecule has 0 aliphatic carbocycles. The molecule has 0 spiro atoms. The van der Waals surface area contributed by atoms with E-state index in [1.54, 1.807) is 0 Å². The Bertz CT molecular complexity index is 662. The summed E-state index contributed by atoms with van der Waals surface area (Å²) in [5.41, 5.74) is 2.11. The number of nitro groups is 1. The first-order valence-corrected chi connectivity index (χ1v) is 6.69. The van der Waals surface area contributed by atoms with E-state index in [0.717, 1.165) is 21.7 Å². The molecule has 0 heterocycles. The normalized spacial score (nSPS) is 10.3. The zero-order valence-electron chi connectivity index (χ0n) is 10.7. The molecule has 0 aromatic heterocycles. The van der Waals surface area contributed by atoms with Crippen LogP contribution in [0.1, 0.15) is 11.1 Å². The summed E-state index contributed by atoms with van der Waals surface area (Å²) in [6.07, 6.45) is 0. The number of halogens is 2. The van der Waals surface area contributed by atoms with Gasteiger partial charge in [0.1, 0.15) is 11.5 Å². The van der Waals surface area contributed by atoms with Crippen LogP contribution in [0, 0.1) is 22.9 Å². The highest BCUT2D eigenvalue weighted by Crippen LogP contribution is 2.26. The molecule has 0 atom stereocenters. The fraction of sp³-hybridized carbons (Fsp3) is 0.143. The third kappa shape index (κ3) is 3.33. The van der Waals surface area contributed by atoms with Crippen molar-refractivity contribution in [3.63, 3.8) is 0 Å². The topological polar surface area (TPSA) is 55.2 Å². The molecule has 104 valence electrons. The van der Waals surface area contributed by atoms with Gasteiger partial charge < -0.3 is 5.32 Å². The average molecular weight is 339 g/mol. The maximum atomic E-state index is 13.0. The molecule has 0 radical (unpaired) electrons. The smallest absolute Gasteiger partial charge is 0.295 e. The standard InChI is InChI=1S/C14H12BrFN2O2/c1-9-6-10(2-4-12(9)15)8-17-13-5-3-11(16)7-14(13)18(19)20/h2-7,17H,8H2,1H3. The molecule has 0 aliphatic heterocycles. The van der Waals surface area contributed by atoms with E-state index in [2.05, 4.69) is 21.2 Å². The number of benzene rings is 2. The molecule has 0 bridgehead atoms. The highest BCUT2D eigenvalue weighted by molar-refractivity contribution is 9.10. The Morgan fingerprint density at radius 2 is 2.05 bits per heavy atom. The van der Waals surface area contributed by atoms with Gasteiger partial charge in [-0.3, -0.25) is 10.1 Å². The lowest BCUT2D eigenvalue weighted by molar-refractivity contribution is -0.384. The fourth-order valence-corrected chi connectivity index (χ4v) is 2.07. The minimum atomic E-state index is -0.623. The Hall–Kier alpha value is -1.95. The van der Waals surface area contributed by atoms with Gasteiger partial charge in [0, 0.05) is 11.0 Å². The van der Waals surface area contributed by atoms with Crippen LogP contribution >= 0.6 is 15.9 Å². The number of nitrogens with one attached hydrogen (secondary N) is 1. The van der Waals surface area contributed by atoms with Gasteiger partial charge in [-0.1, -0.05) is 28.1 Å². The second kappa shape index (κ2) is 6.00. The number of rotatable bonds is 4. The van der Waals surface area contributed by atoms with Crippen LogP contribution in [0.5, 0.6) is 0 Å². The zero-order valence-corrected chi connectivity index (χ0v) is 12.3. The molecular formula is C14H12BrFN2O2. The van der Waals surface area contributed by atoms with Crippen LogP contribution in [0.4, 0.5) is 15.8 Å². The average Bonchev–Trinajstić information content (AvgIpc) is 2.41. The van der Waals surface area contributed by atoms with Crippen molar-refractivity contribution in [2.45, 2.75) is 13.5 Å². The monoisotopic (exact) mass is 338 g/mol. The summed E-state index contributed by atoms with van der Waals surface area (Å²) >= 11 is 3.41. The van der Waals surface area contributed by atoms with Crippen molar-refractivity contribution in [3.05, 3.63) is 67.9 Å². The SMILES string of the molecule is Cc1cc(CNc2ccc(F)cc2[N+](=O)[O-])ccc1Br. The summed E-state index contributed by atoms with van der Waals surface area (Å²) in [5.74, 6) is -0.623. The van der Waals surface area contributed by atoms with Crippen molar-refractivity contribution in [1.29, 1.82) is 0 Å². The molecule has 20 heavy (non-hydrogen) atoms. The fourth-order valence-electron chi connectivity index (χ4n) is 1.82. The molecule has 6 heteroatoms. The zero-order chi connectivity index (χ0) is 14.7. The molecule has 0 aliphatic rings. The first-order chi connectivity index (χ1) is 9.47. The number of nitro benzene ring substituents is 1. The van der Waals surface area contributed by atoms with Gasteiger partial charge in [-0.25, -0.2) is 4.39 Å². The second-order valence-electron chi connectivity index (χ2n) is 4.36. The molecule has 1 N–H and O–H groups in total. The number of hydrogen-bond donors (Lipinski definition) is 1. The molecule has 2 rings (SSSR count). The Morgan fingerprint density at radius 3 is 2.70 bits per heavy atom. The molecular weight excluding hydrogens is 327 g/mol. The Balaban J connectivity index is 2.18. The van der Waals surface area contributed by atoms with E-state index in [-0.39, 0.29) is 5.69 Å².